The van der Waals surface area contributed by atoms with E-state index in [1.807, 2.05) is 12.1 Å². The van der Waals surface area contributed by atoms with E-state index in [2.05, 4.69) is 52.1 Å². The smallest absolute Gasteiger partial charge is 0.324 e. The normalized spacial score (nSPS) is 13.2. The van der Waals surface area contributed by atoms with Gasteiger partial charge in [0.25, 0.3) is 0 Å². The zero-order chi connectivity index (χ0) is 20.0. The molecule has 7 heteroatoms. The number of carbonyl (C=O) groups is 1. The molecule has 0 aliphatic rings. The summed E-state index contributed by atoms with van der Waals surface area (Å²) in [4.78, 5) is 11.8. The average molecular weight is 595 g/mol. The van der Waals surface area contributed by atoms with E-state index < -0.39 is 11.5 Å². The van der Waals surface area contributed by atoms with Crippen molar-refractivity contribution in [3.8, 4) is 17.2 Å². The number of hydrogen-bond acceptors (Lipinski definition) is 4. The van der Waals surface area contributed by atoms with Crippen molar-refractivity contribution >= 4 is 51.2 Å². The van der Waals surface area contributed by atoms with E-state index in [9.17, 15) is 15.0 Å². The summed E-state index contributed by atoms with van der Waals surface area (Å²) in [6.45, 7) is 2.08. The average Bonchev–Trinajstić information content (AvgIpc) is 2.60. The molecule has 0 spiro atoms. The standard InChI is InChI=1S/C20H23I2NO4/c1-2-3-4-9-20(23,19(25)26)12-13-10-16(21)18(17(22)11-13)27-15-7-5-14(24)6-8-15/h5-8,10-11,24H,2-4,9,12,23H2,1H3,(H,25,26)/t20-/m0/s1. The van der Waals surface area contributed by atoms with Gasteiger partial charge in [0.15, 0.2) is 5.75 Å². The lowest BCUT2D eigenvalue weighted by Gasteiger charge is -2.25. The molecule has 0 aliphatic carbocycles. The monoisotopic (exact) mass is 595 g/mol. The van der Waals surface area contributed by atoms with Crippen LogP contribution in [0.3, 0.4) is 0 Å². The zero-order valence-corrected chi connectivity index (χ0v) is 19.4. The first kappa shape index (κ1) is 22.2. The highest BCUT2D eigenvalue weighted by Gasteiger charge is 2.33. The Balaban J connectivity index is 2.21. The first-order chi connectivity index (χ1) is 12.7. The summed E-state index contributed by atoms with van der Waals surface area (Å²) in [7, 11) is 0. The van der Waals surface area contributed by atoms with Gasteiger partial charge in [0.1, 0.15) is 17.0 Å². The third-order valence-electron chi connectivity index (χ3n) is 4.29. The van der Waals surface area contributed by atoms with Crippen LogP contribution in [0, 0.1) is 7.14 Å². The summed E-state index contributed by atoms with van der Waals surface area (Å²) in [5, 5.41) is 19.0. The first-order valence-electron chi connectivity index (χ1n) is 8.72. The van der Waals surface area contributed by atoms with Crippen molar-refractivity contribution in [1.29, 1.82) is 0 Å². The number of benzene rings is 2. The van der Waals surface area contributed by atoms with E-state index in [0.29, 0.717) is 17.9 Å². The third kappa shape index (κ3) is 6.21. The van der Waals surface area contributed by atoms with Gasteiger partial charge in [-0.25, -0.2) is 0 Å². The van der Waals surface area contributed by atoms with E-state index in [0.717, 1.165) is 32.0 Å². The molecule has 0 fully saturated rings. The number of carboxylic acid groups (broad SMARTS) is 1. The van der Waals surface area contributed by atoms with Crippen molar-refractivity contribution in [2.75, 3.05) is 0 Å². The van der Waals surface area contributed by atoms with Gasteiger partial charge in [0, 0.05) is 6.42 Å². The number of nitrogens with two attached hydrogens (primary N) is 1. The maximum absolute atomic E-state index is 11.8. The SMILES string of the molecule is CCCCC[C@](N)(Cc1cc(I)c(Oc2ccc(O)cc2)c(I)c1)C(=O)O. The Morgan fingerprint density at radius 2 is 1.74 bits per heavy atom. The molecule has 0 heterocycles. The minimum absolute atomic E-state index is 0.179. The number of rotatable bonds is 9. The van der Waals surface area contributed by atoms with Crippen molar-refractivity contribution < 1.29 is 19.7 Å². The fourth-order valence-electron chi connectivity index (χ4n) is 2.77. The van der Waals surface area contributed by atoms with Gasteiger partial charge >= 0.3 is 5.97 Å². The van der Waals surface area contributed by atoms with Crippen molar-refractivity contribution in [1.82, 2.24) is 0 Å². The molecule has 0 saturated heterocycles. The lowest BCUT2D eigenvalue weighted by Crippen LogP contribution is -2.49. The number of aliphatic carboxylic acids is 1. The largest absolute Gasteiger partial charge is 0.508 e. The molecule has 4 N–H and O–H groups in total. The fourth-order valence-corrected chi connectivity index (χ4v) is 4.89. The van der Waals surface area contributed by atoms with Gasteiger partial charge in [-0.05, 0) is 93.6 Å². The third-order valence-corrected chi connectivity index (χ3v) is 5.89. The number of phenols is 1. The van der Waals surface area contributed by atoms with Gasteiger partial charge in [-0.15, -0.1) is 0 Å². The second-order valence-electron chi connectivity index (χ2n) is 6.58. The van der Waals surface area contributed by atoms with Crippen LogP contribution in [-0.2, 0) is 11.2 Å². The number of halogens is 2. The number of unbranched alkanes of at least 4 members (excludes halogenated alkanes) is 2. The Morgan fingerprint density at radius 1 is 1.15 bits per heavy atom. The van der Waals surface area contributed by atoms with E-state index >= 15 is 0 Å². The quantitative estimate of drug-likeness (QED) is 0.271. The molecule has 5 nitrogen and oxygen atoms in total. The molecule has 2 aromatic rings. The predicted octanol–water partition coefficient (Wildman–Crippen LogP) is 5.30. The van der Waals surface area contributed by atoms with Crippen LogP contribution in [0.15, 0.2) is 36.4 Å². The molecule has 1 atom stereocenters. The zero-order valence-electron chi connectivity index (χ0n) is 15.0. The molecule has 0 radical (unpaired) electrons. The number of ether oxygens (including phenoxy) is 1. The summed E-state index contributed by atoms with van der Waals surface area (Å²) in [5.74, 6) is 0.537. The predicted molar refractivity (Wildman–Crippen MR) is 122 cm³/mol. The van der Waals surface area contributed by atoms with Crippen LogP contribution >= 0.6 is 45.2 Å². The fraction of sp³-hybridized carbons (Fsp3) is 0.350. The minimum Gasteiger partial charge on any atom is -0.508 e. The van der Waals surface area contributed by atoms with Crippen LogP contribution in [0.5, 0.6) is 17.2 Å². The Labute approximate surface area is 186 Å². The topological polar surface area (TPSA) is 92.8 Å². The molecule has 0 unspecified atom stereocenters. The maximum Gasteiger partial charge on any atom is 0.324 e. The van der Waals surface area contributed by atoms with Crippen LogP contribution in [0.4, 0.5) is 0 Å². The van der Waals surface area contributed by atoms with Crippen LogP contribution < -0.4 is 10.5 Å². The lowest BCUT2D eigenvalue weighted by atomic mass is 9.86. The molecule has 0 aliphatic heterocycles. The van der Waals surface area contributed by atoms with Crippen LogP contribution in [0.2, 0.25) is 0 Å². The van der Waals surface area contributed by atoms with Crippen molar-refractivity contribution in [2.24, 2.45) is 5.73 Å². The highest BCUT2D eigenvalue weighted by atomic mass is 127. The number of hydrogen-bond donors (Lipinski definition) is 3. The Morgan fingerprint density at radius 3 is 2.26 bits per heavy atom. The van der Waals surface area contributed by atoms with E-state index in [1.165, 1.54) is 0 Å². The van der Waals surface area contributed by atoms with Gasteiger partial charge in [-0.2, -0.15) is 0 Å². The highest BCUT2D eigenvalue weighted by molar-refractivity contribution is 14.1. The van der Waals surface area contributed by atoms with Crippen LogP contribution in [-0.4, -0.2) is 21.7 Å². The Bertz CT molecular complexity index is 772. The number of aromatic hydroxyl groups is 1. The van der Waals surface area contributed by atoms with Crippen LogP contribution in [0.25, 0.3) is 0 Å². The van der Waals surface area contributed by atoms with Crippen molar-refractivity contribution in [3.05, 3.63) is 49.1 Å². The number of carboxylic acids is 1. The molecule has 2 rings (SSSR count). The van der Waals surface area contributed by atoms with Crippen LogP contribution in [0.1, 0.15) is 38.2 Å². The first-order valence-corrected chi connectivity index (χ1v) is 10.9. The second kappa shape index (κ2) is 9.92. The molecule has 0 amide bonds. The molecule has 2 aromatic carbocycles. The molecule has 27 heavy (non-hydrogen) atoms. The Kier molecular flexibility index (Phi) is 8.17. The highest BCUT2D eigenvalue weighted by Crippen LogP contribution is 2.34. The summed E-state index contributed by atoms with van der Waals surface area (Å²) in [6, 6.07) is 10.4. The number of phenolic OH excluding ortho intramolecular Hbond substituents is 1. The van der Waals surface area contributed by atoms with E-state index in [-0.39, 0.29) is 12.2 Å². The Hall–Kier alpha value is -1.07. The molecule has 0 saturated carbocycles. The van der Waals surface area contributed by atoms with Gasteiger partial charge in [0.05, 0.1) is 7.14 Å². The van der Waals surface area contributed by atoms with E-state index in [1.54, 1.807) is 24.3 Å². The molecule has 0 aromatic heterocycles. The molecular weight excluding hydrogens is 572 g/mol. The van der Waals surface area contributed by atoms with Gasteiger partial charge in [0.2, 0.25) is 0 Å². The second-order valence-corrected chi connectivity index (χ2v) is 8.90. The summed E-state index contributed by atoms with van der Waals surface area (Å²) in [6.07, 6.45) is 3.53. The van der Waals surface area contributed by atoms with Crippen molar-refractivity contribution in [2.45, 2.75) is 44.6 Å². The van der Waals surface area contributed by atoms with Crippen molar-refractivity contribution in [3.63, 3.8) is 0 Å². The lowest BCUT2D eigenvalue weighted by molar-refractivity contribution is -0.143. The molecule has 146 valence electrons. The maximum atomic E-state index is 11.8. The molecular formula is C20H23I2NO4. The van der Waals surface area contributed by atoms with Gasteiger partial charge in [-0.1, -0.05) is 26.2 Å². The summed E-state index contributed by atoms with van der Waals surface area (Å²) >= 11 is 4.36. The van der Waals surface area contributed by atoms with Gasteiger partial charge < -0.3 is 20.7 Å². The van der Waals surface area contributed by atoms with E-state index in [4.69, 9.17) is 10.5 Å². The van der Waals surface area contributed by atoms with Gasteiger partial charge in [-0.3, -0.25) is 4.79 Å². The summed E-state index contributed by atoms with van der Waals surface area (Å²) in [5.41, 5.74) is 5.84. The summed E-state index contributed by atoms with van der Waals surface area (Å²) < 4.78 is 7.69. The molecule has 0 bridgehead atoms. The minimum atomic E-state index is -1.26.